The highest BCUT2D eigenvalue weighted by molar-refractivity contribution is 5.85. The monoisotopic (exact) mass is 254 g/mol. The van der Waals surface area contributed by atoms with Gasteiger partial charge in [0.1, 0.15) is 5.41 Å². The summed E-state index contributed by atoms with van der Waals surface area (Å²) in [6, 6.07) is 1.97. The van der Waals surface area contributed by atoms with Gasteiger partial charge in [0, 0.05) is 13.7 Å². The van der Waals surface area contributed by atoms with E-state index in [1.54, 1.807) is 7.11 Å². The summed E-state index contributed by atoms with van der Waals surface area (Å²) in [5.74, 6) is -0.208. The van der Waals surface area contributed by atoms with E-state index in [-0.39, 0.29) is 18.6 Å². The molecule has 102 valence electrons. The fraction of sp³-hybridized carbons (Fsp3) is 0.846. The first-order valence-corrected chi connectivity index (χ1v) is 6.50. The van der Waals surface area contributed by atoms with Gasteiger partial charge in [0.2, 0.25) is 5.91 Å². The van der Waals surface area contributed by atoms with Gasteiger partial charge in [-0.3, -0.25) is 4.79 Å². The molecule has 1 unspecified atom stereocenters. The molecule has 1 saturated carbocycles. The maximum Gasteiger partial charge on any atom is 0.240 e. The topological polar surface area (TPSA) is 82.3 Å². The van der Waals surface area contributed by atoms with Crippen molar-refractivity contribution < 1.29 is 14.6 Å². The lowest BCUT2D eigenvalue weighted by molar-refractivity contribution is -0.130. The van der Waals surface area contributed by atoms with E-state index in [0.29, 0.717) is 25.9 Å². The molecule has 0 spiro atoms. The third-order valence-electron chi connectivity index (χ3n) is 3.54. The number of methoxy groups -OCH3 is 1. The Morgan fingerprint density at radius 3 is 2.67 bits per heavy atom. The van der Waals surface area contributed by atoms with Gasteiger partial charge in [0.05, 0.1) is 18.7 Å². The molecule has 2 N–H and O–H groups in total. The molecule has 1 fully saturated rings. The Morgan fingerprint density at radius 2 is 2.17 bits per heavy atom. The van der Waals surface area contributed by atoms with Crippen molar-refractivity contribution >= 4 is 5.91 Å². The molecule has 0 bridgehead atoms. The Kier molecular flexibility index (Phi) is 6.10. The first-order valence-electron chi connectivity index (χ1n) is 6.50. The van der Waals surface area contributed by atoms with Crippen LogP contribution in [0.15, 0.2) is 0 Å². The molecule has 0 aromatic heterocycles. The lowest BCUT2D eigenvalue weighted by atomic mass is 9.74. The lowest BCUT2D eigenvalue weighted by Crippen LogP contribution is -2.47. The van der Waals surface area contributed by atoms with E-state index in [9.17, 15) is 10.1 Å². The second-order valence-electron chi connectivity index (χ2n) is 4.89. The number of rotatable bonds is 6. The summed E-state index contributed by atoms with van der Waals surface area (Å²) in [7, 11) is 1.55. The first kappa shape index (κ1) is 14.9. The molecule has 1 atom stereocenters. The first-order chi connectivity index (χ1) is 8.68. The second kappa shape index (κ2) is 7.34. The summed E-state index contributed by atoms with van der Waals surface area (Å²) >= 11 is 0. The number of carbonyl (C=O) groups is 1. The van der Waals surface area contributed by atoms with Gasteiger partial charge in [-0.2, -0.15) is 5.26 Å². The zero-order valence-corrected chi connectivity index (χ0v) is 10.9. The largest absolute Gasteiger partial charge is 0.396 e. The van der Waals surface area contributed by atoms with Crippen LogP contribution < -0.4 is 5.32 Å². The van der Waals surface area contributed by atoms with Crippen molar-refractivity contribution in [3.63, 3.8) is 0 Å². The number of nitriles is 1. The van der Waals surface area contributed by atoms with Crippen LogP contribution in [0.4, 0.5) is 0 Å². The molecule has 1 aliphatic rings. The second-order valence-corrected chi connectivity index (χ2v) is 4.89. The van der Waals surface area contributed by atoms with E-state index in [1.165, 1.54) is 0 Å². The molecule has 1 aliphatic carbocycles. The summed E-state index contributed by atoms with van der Waals surface area (Å²) in [5, 5.41) is 21.1. The van der Waals surface area contributed by atoms with Gasteiger partial charge in [-0.05, 0) is 19.3 Å². The number of ether oxygens (including phenoxy) is 1. The summed E-state index contributed by atoms with van der Waals surface area (Å²) in [5.41, 5.74) is -0.875. The van der Waals surface area contributed by atoms with E-state index >= 15 is 0 Å². The fourth-order valence-corrected chi connectivity index (χ4v) is 2.42. The molecule has 5 nitrogen and oxygen atoms in total. The van der Waals surface area contributed by atoms with Crippen LogP contribution in [0.5, 0.6) is 0 Å². The van der Waals surface area contributed by atoms with Crippen LogP contribution in [0.2, 0.25) is 0 Å². The maximum absolute atomic E-state index is 12.2. The molecule has 0 heterocycles. The van der Waals surface area contributed by atoms with Gasteiger partial charge in [0.15, 0.2) is 0 Å². The van der Waals surface area contributed by atoms with Crippen molar-refractivity contribution in [1.29, 1.82) is 5.26 Å². The van der Waals surface area contributed by atoms with Crippen molar-refractivity contribution in [2.75, 3.05) is 20.3 Å². The molecule has 0 radical (unpaired) electrons. The molecule has 5 heteroatoms. The predicted molar refractivity (Wildman–Crippen MR) is 66.6 cm³/mol. The van der Waals surface area contributed by atoms with Gasteiger partial charge >= 0.3 is 0 Å². The number of hydrogen-bond acceptors (Lipinski definition) is 4. The summed E-state index contributed by atoms with van der Waals surface area (Å²) in [6.45, 7) is 0.349. The highest BCUT2D eigenvalue weighted by atomic mass is 16.5. The Hall–Kier alpha value is -1.12. The van der Waals surface area contributed by atoms with Gasteiger partial charge in [-0.25, -0.2) is 0 Å². The predicted octanol–water partition coefficient (Wildman–Crippen LogP) is 0.974. The summed E-state index contributed by atoms with van der Waals surface area (Å²) in [4.78, 5) is 12.2. The molecular weight excluding hydrogens is 232 g/mol. The summed E-state index contributed by atoms with van der Waals surface area (Å²) < 4.78 is 5.00. The third kappa shape index (κ3) is 3.69. The Labute approximate surface area is 108 Å². The molecule has 0 aromatic rings. The number of amides is 1. The Morgan fingerprint density at radius 1 is 1.50 bits per heavy atom. The quantitative estimate of drug-likeness (QED) is 0.740. The van der Waals surface area contributed by atoms with Crippen LogP contribution in [0.3, 0.4) is 0 Å². The molecule has 1 amide bonds. The standard InChI is InChI=1S/C13H22N2O3/c1-18-9-11(5-8-16)15-12(17)13(10-14)6-3-2-4-7-13/h11,16H,2-9H2,1H3,(H,15,17). The number of aliphatic hydroxyl groups excluding tert-OH is 1. The van der Waals surface area contributed by atoms with E-state index < -0.39 is 5.41 Å². The molecule has 0 aromatic carbocycles. The number of nitrogens with zero attached hydrogens (tertiary/aromatic N) is 1. The van der Waals surface area contributed by atoms with Crippen molar-refractivity contribution in [2.24, 2.45) is 5.41 Å². The minimum atomic E-state index is -0.875. The van der Waals surface area contributed by atoms with Crippen molar-refractivity contribution in [3.8, 4) is 6.07 Å². The van der Waals surface area contributed by atoms with Crippen LogP contribution in [0.1, 0.15) is 38.5 Å². The smallest absolute Gasteiger partial charge is 0.240 e. The van der Waals surface area contributed by atoms with Gasteiger partial charge in [-0.1, -0.05) is 19.3 Å². The van der Waals surface area contributed by atoms with Crippen LogP contribution in [-0.4, -0.2) is 37.4 Å². The van der Waals surface area contributed by atoms with E-state index in [0.717, 1.165) is 19.3 Å². The van der Waals surface area contributed by atoms with Crippen molar-refractivity contribution in [1.82, 2.24) is 5.32 Å². The molecule has 1 rings (SSSR count). The lowest BCUT2D eigenvalue weighted by Gasteiger charge is -2.31. The number of hydrogen-bond donors (Lipinski definition) is 2. The van der Waals surface area contributed by atoms with Crippen LogP contribution in [0.25, 0.3) is 0 Å². The van der Waals surface area contributed by atoms with Crippen LogP contribution in [-0.2, 0) is 9.53 Å². The third-order valence-corrected chi connectivity index (χ3v) is 3.54. The maximum atomic E-state index is 12.2. The minimum Gasteiger partial charge on any atom is -0.396 e. The Balaban J connectivity index is 2.63. The van der Waals surface area contributed by atoms with E-state index in [1.807, 2.05) is 0 Å². The number of aliphatic hydroxyl groups is 1. The number of nitrogens with one attached hydrogen (secondary N) is 1. The Bertz CT molecular complexity index is 300. The molecule has 18 heavy (non-hydrogen) atoms. The average Bonchev–Trinajstić information content (AvgIpc) is 2.40. The average molecular weight is 254 g/mol. The highest BCUT2D eigenvalue weighted by Crippen LogP contribution is 2.35. The van der Waals surface area contributed by atoms with E-state index in [4.69, 9.17) is 9.84 Å². The van der Waals surface area contributed by atoms with Gasteiger partial charge < -0.3 is 15.2 Å². The minimum absolute atomic E-state index is 0.00609. The zero-order chi connectivity index (χ0) is 13.4. The van der Waals surface area contributed by atoms with E-state index in [2.05, 4.69) is 11.4 Å². The van der Waals surface area contributed by atoms with Crippen molar-refractivity contribution in [3.05, 3.63) is 0 Å². The highest BCUT2D eigenvalue weighted by Gasteiger charge is 2.40. The van der Waals surface area contributed by atoms with Crippen LogP contribution >= 0.6 is 0 Å². The van der Waals surface area contributed by atoms with Crippen LogP contribution in [0, 0.1) is 16.7 Å². The molecular formula is C13H22N2O3. The summed E-state index contributed by atoms with van der Waals surface area (Å²) in [6.07, 6.45) is 4.66. The van der Waals surface area contributed by atoms with Crippen molar-refractivity contribution in [2.45, 2.75) is 44.6 Å². The normalized spacial score (nSPS) is 19.8. The van der Waals surface area contributed by atoms with Gasteiger partial charge in [-0.15, -0.1) is 0 Å². The fourth-order valence-electron chi connectivity index (χ4n) is 2.42. The van der Waals surface area contributed by atoms with Gasteiger partial charge in [0.25, 0.3) is 0 Å². The molecule has 0 aliphatic heterocycles. The number of carbonyl (C=O) groups excluding carboxylic acids is 1. The zero-order valence-electron chi connectivity index (χ0n) is 10.9. The molecule has 0 saturated heterocycles. The SMILES string of the molecule is COCC(CCO)NC(=O)C1(C#N)CCCCC1.